The van der Waals surface area contributed by atoms with E-state index in [-0.39, 0.29) is 23.5 Å². The Balaban J connectivity index is 1.51. The normalized spacial score (nSPS) is 10.4. The minimum absolute atomic E-state index is 0.161. The van der Waals surface area contributed by atoms with Crippen molar-refractivity contribution in [3.63, 3.8) is 0 Å². The topological polar surface area (TPSA) is 125 Å². The summed E-state index contributed by atoms with van der Waals surface area (Å²) in [5.41, 5.74) is 1.83. The summed E-state index contributed by atoms with van der Waals surface area (Å²) in [4.78, 5) is 37.4. The molecule has 9 nitrogen and oxygen atoms in total. The predicted octanol–water partition coefficient (Wildman–Crippen LogP) is 5.87. The number of rotatable bonds is 11. The van der Waals surface area contributed by atoms with Crippen LogP contribution in [0.3, 0.4) is 0 Å². The fourth-order valence-electron chi connectivity index (χ4n) is 3.75. The molecule has 0 fully saturated rings. The van der Waals surface area contributed by atoms with Crippen molar-refractivity contribution in [2.45, 2.75) is 13.1 Å². The standard InChI is InChI=1S/C30H26N2O7/c33-28(34)20-38-27-17-23(13-16-26(27)29(35)36)31-30(37)32(18-21-7-3-1-4-8-21)19-22-11-14-25(15-12-22)39-24-9-5-2-6-10-24/h1-17H,18-20H2,(H,31,37)(H,33,34)(H,35,36). The maximum Gasteiger partial charge on any atom is 0.341 e. The Labute approximate surface area is 224 Å². The number of urea groups is 1. The van der Waals surface area contributed by atoms with Gasteiger partial charge in [0.1, 0.15) is 22.8 Å². The number of anilines is 1. The third kappa shape index (κ3) is 7.83. The van der Waals surface area contributed by atoms with Gasteiger partial charge in [0.2, 0.25) is 0 Å². The lowest BCUT2D eigenvalue weighted by Gasteiger charge is -2.24. The van der Waals surface area contributed by atoms with Crippen LogP contribution in [0.4, 0.5) is 10.5 Å². The molecule has 3 N–H and O–H groups in total. The van der Waals surface area contributed by atoms with E-state index in [4.69, 9.17) is 14.6 Å². The molecule has 4 aromatic rings. The smallest absolute Gasteiger partial charge is 0.341 e. The maximum absolute atomic E-state index is 13.4. The Bertz CT molecular complexity index is 1430. The van der Waals surface area contributed by atoms with Crippen LogP contribution in [0.5, 0.6) is 17.2 Å². The highest BCUT2D eigenvalue weighted by Gasteiger charge is 2.18. The first kappa shape index (κ1) is 26.7. The monoisotopic (exact) mass is 526 g/mol. The molecule has 0 aromatic heterocycles. The first-order chi connectivity index (χ1) is 18.9. The third-order valence-electron chi connectivity index (χ3n) is 5.59. The van der Waals surface area contributed by atoms with E-state index in [0.29, 0.717) is 12.3 Å². The Kier molecular flexibility index (Phi) is 8.76. The second kappa shape index (κ2) is 12.8. The lowest BCUT2D eigenvalue weighted by molar-refractivity contribution is -0.139. The average Bonchev–Trinajstić information content (AvgIpc) is 2.93. The van der Waals surface area contributed by atoms with E-state index in [1.807, 2.05) is 84.9 Å². The van der Waals surface area contributed by atoms with Crippen LogP contribution in [0.1, 0.15) is 21.5 Å². The fraction of sp³-hybridized carbons (Fsp3) is 0.100. The number of carboxylic acid groups (broad SMARTS) is 2. The molecule has 0 spiro atoms. The van der Waals surface area contributed by atoms with Crippen LogP contribution in [0.25, 0.3) is 0 Å². The van der Waals surface area contributed by atoms with E-state index in [2.05, 4.69) is 5.32 Å². The number of hydrogen-bond acceptors (Lipinski definition) is 5. The van der Waals surface area contributed by atoms with Crippen molar-refractivity contribution < 1.29 is 34.1 Å². The van der Waals surface area contributed by atoms with Crippen LogP contribution >= 0.6 is 0 Å². The highest BCUT2D eigenvalue weighted by atomic mass is 16.5. The quantitative estimate of drug-likeness (QED) is 0.223. The van der Waals surface area contributed by atoms with Gasteiger partial charge in [-0.15, -0.1) is 0 Å². The molecule has 39 heavy (non-hydrogen) atoms. The lowest BCUT2D eigenvalue weighted by atomic mass is 10.1. The number of nitrogens with zero attached hydrogens (tertiary/aromatic N) is 1. The molecule has 0 radical (unpaired) electrons. The fourth-order valence-corrected chi connectivity index (χ4v) is 3.75. The van der Waals surface area contributed by atoms with Gasteiger partial charge in [0.25, 0.3) is 0 Å². The Hall–Kier alpha value is -5.31. The number of hydrogen-bond donors (Lipinski definition) is 3. The molecule has 0 aliphatic heterocycles. The number of carbonyl (C=O) groups excluding carboxylic acids is 1. The molecule has 0 saturated heterocycles. The Morgan fingerprint density at radius 3 is 1.92 bits per heavy atom. The van der Waals surface area contributed by atoms with Crippen molar-refractivity contribution >= 4 is 23.7 Å². The van der Waals surface area contributed by atoms with Crippen molar-refractivity contribution in [2.75, 3.05) is 11.9 Å². The number of aliphatic carboxylic acids is 1. The highest BCUT2D eigenvalue weighted by molar-refractivity contribution is 5.94. The van der Waals surface area contributed by atoms with Gasteiger partial charge in [-0.25, -0.2) is 14.4 Å². The van der Waals surface area contributed by atoms with Gasteiger partial charge in [-0.05, 0) is 47.5 Å². The zero-order valence-corrected chi connectivity index (χ0v) is 20.8. The van der Waals surface area contributed by atoms with Crippen LogP contribution in [0.15, 0.2) is 103 Å². The number of ether oxygens (including phenoxy) is 2. The molecule has 0 atom stereocenters. The van der Waals surface area contributed by atoms with Gasteiger partial charge in [0.05, 0.1) is 0 Å². The summed E-state index contributed by atoms with van der Waals surface area (Å²) in [7, 11) is 0. The summed E-state index contributed by atoms with van der Waals surface area (Å²) in [6, 6.07) is 29.9. The lowest BCUT2D eigenvalue weighted by Crippen LogP contribution is -2.34. The Morgan fingerprint density at radius 1 is 0.718 bits per heavy atom. The van der Waals surface area contributed by atoms with E-state index in [1.165, 1.54) is 18.2 Å². The molecule has 9 heteroatoms. The first-order valence-electron chi connectivity index (χ1n) is 12.0. The number of aromatic carboxylic acids is 1. The van der Waals surface area contributed by atoms with Gasteiger partial charge < -0.3 is 29.9 Å². The molecular weight excluding hydrogens is 500 g/mol. The van der Waals surface area contributed by atoms with E-state index in [9.17, 15) is 19.5 Å². The minimum atomic E-state index is -1.28. The number of nitrogens with one attached hydrogen (secondary N) is 1. The van der Waals surface area contributed by atoms with E-state index in [0.717, 1.165) is 16.9 Å². The van der Waals surface area contributed by atoms with Crippen molar-refractivity contribution in [1.82, 2.24) is 4.90 Å². The summed E-state index contributed by atoms with van der Waals surface area (Å²) < 4.78 is 11.0. The molecule has 0 unspecified atom stereocenters. The van der Waals surface area contributed by atoms with Gasteiger partial charge in [-0.2, -0.15) is 0 Å². The van der Waals surface area contributed by atoms with Crippen molar-refractivity contribution in [3.8, 4) is 17.2 Å². The molecule has 0 heterocycles. The number of amides is 2. The summed E-state index contributed by atoms with van der Waals surface area (Å²) >= 11 is 0. The molecule has 0 bridgehead atoms. The van der Waals surface area contributed by atoms with Crippen LogP contribution in [0, 0.1) is 0 Å². The van der Waals surface area contributed by atoms with Crippen LogP contribution in [-0.4, -0.2) is 39.7 Å². The van der Waals surface area contributed by atoms with E-state index >= 15 is 0 Å². The molecule has 4 aromatic carbocycles. The summed E-state index contributed by atoms with van der Waals surface area (Å²) in [5.74, 6) is -1.31. The summed E-state index contributed by atoms with van der Waals surface area (Å²) in [5, 5.41) is 21.1. The third-order valence-corrected chi connectivity index (χ3v) is 5.59. The van der Waals surface area contributed by atoms with Gasteiger partial charge in [-0.3, -0.25) is 0 Å². The van der Waals surface area contributed by atoms with Gasteiger partial charge in [-0.1, -0.05) is 60.7 Å². The van der Waals surface area contributed by atoms with Crippen LogP contribution in [0.2, 0.25) is 0 Å². The molecule has 0 aliphatic rings. The van der Waals surface area contributed by atoms with Gasteiger partial charge >= 0.3 is 18.0 Å². The summed E-state index contributed by atoms with van der Waals surface area (Å²) in [6.45, 7) is -0.131. The number of benzene rings is 4. The van der Waals surface area contributed by atoms with Crippen molar-refractivity contribution in [2.24, 2.45) is 0 Å². The van der Waals surface area contributed by atoms with Crippen LogP contribution in [-0.2, 0) is 17.9 Å². The zero-order chi connectivity index (χ0) is 27.6. The molecule has 0 saturated carbocycles. The molecule has 2 amide bonds. The molecule has 4 rings (SSSR count). The number of para-hydroxylation sites is 1. The molecular formula is C30H26N2O7. The van der Waals surface area contributed by atoms with Crippen molar-refractivity contribution in [3.05, 3.63) is 120 Å². The SMILES string of the molecule is O=C(O)COc1cc(NC(=O)N(Cc2ccccc2)Cc2ccc(Oc3ccccc3)cc2)ccc1C(=O)O. The zero-order valence-electron chi connectivity index (χ0n) is 20.8. The second-order valence-electron chi connectivity index (χ2n) is 8.53. The van der Waals surface area contributed by atoms with Crippen LogP contribution < -0.4 is 14.8 Å². The first-order valence-corrected chi connectivity index (χ1v) is 12.0. The summed E-state index contributed by atoms with van der Waals surface area (Å²) in [6.07, 6.45) is 0. The average molecular weight is 527 g/mol. The Morgan fingerprint density at radius 2 is 1.31 bits per heavy atom. The van der Waals surface area contributed by atoms with E-state index in [1.54, 1.807) is 4.90 Å². The minimum Gasteiger partial charge on any atom is -0.481 e. The molecule has 0 aliphatic carbocycles. The largest absolute Gasteiger partial charge is 0.481 e. The predicted molar refractivity (Wildman–Crippen MR) is 144 cm³/mol. The highest BCUT2D eigenvalue weighted by Crippen LogP contribution is 2.25. The maximum atomic E-state index is 13.4. The van der Waals surface area contributed by atoms with Crippen molar-refractivity contribution in [1.29, 1.82) is 0 Å². The number of carbonyl (C=O) groups is 3. The van der Waals surface area contributed by atoms with Gasteiger partial charge in [0.15, 0.2) is 6.61 Å². The second-order valence-corrected chi connectivity index (χ2v) is 8.53. The van der Waals surface area contributed by atoms with E-state index < -0.39 is 24.6 Å². The number of carboxylic acids is 2. The van der Waals surface area contributed by atoms with Gasteiger partial charge in [0, 0.05) is 24.8 Å². The molecule has 198 valence electrons.